The zero-order valence-corrected chi connectivity index (χ0v) is 25.1. The van der Waals surface area contributed by atoms with E-state index in [4.69, 9.17) is 4.74 Å². The van der Waals surface area contributed by atoms with Crippen molar-refractivity contribution in [2.24, 2.45) is 5.41 Å². The highest BCUT2D eigenvalue weighted by atomic mass is 16.5. The first-order valence-corrected chi connectivity index (χ1v) is 14.9. The number of aromatic nitrogens is 3. The molecule has 2 N–H and O–H groups in total. The van der Waals surface area contributed by atoms with Crippen molar-refractivity contribution in [1.82, 2.24) is 25.2 Å². The second kappa shape index (κ2) is 11.3. The molecule has 0 spiro atoms. The molecule has 0 radical (unpaired) electrons. The van der Waals surface area contributed by atoms with Gasteiger partial charge in [-0.25, -0.2) is 9.50 Å². The molecule has 0 saturated carbocycles. The van der Waals surface area contributed by atoms with E-state index in [0.717, 1.165) is 64.8 Å². The number of carbonyl (C=O) groups is 3. The van der Waals surface area contributed by atoms with E-state index in [1.165, 1.54) is 10.6 Å². The van der Waals surface area contributed by atoms with E-state index in [0.29, 0.717) is 25.2 Å². The summed E-state index contributed by atoms with van der Waals surface area (Å²) in [6, 6.07) is 12.7. The minimum absolute atomic E-state index is 0.0981. The number of ether oxygens (including phenoxy) is 1. The van der Waals surface area contributed by atoms with E-state index in [-0.39, 0.29) is 40.4 Å². The summed E-state index contributed by atoms with van der Waals surface area (Å²) in [6.45, 7) is 9.44. The monoisotopic (exact) mass is 579 g/mol. The van der Waals surface area contributed by atoms with Gasteiger partial charge in [-0.15, -0.1) is 0 Å². The lowest BCUT2D eigenvalue weighted by molar-refractivity contribution is 0.0926. The van der Waals surface area contributed by atoms with Crippen LogP contribution in [-0.4, -0.2) is 38.8 Å². The summed E-state index contributed by atoms with van der Waals surface area (Å²) in [5, 5.41) is 10.3. The normalized spacial score (nSPS) is 15.6. The number of hydrogen-bond acceptors (Lipinski definition) is 6. The van der Waals surface area contributed by atoms with Crippen molar-refractivity contribution < 1.29 is 19.1 Å². The molecule has 9 nitrogen and oxygen atoms in total. The molecule has 43 heavy (non-hydrogen) atoms. The molecule has 3 heterocycles. The van der Waals surface area contributed by atoms with Crippen molar-refractivity contribution in [3.8, 4) is 5.75 Å². The summed E-state index contributed by atoms with van der Waals surface area (Å²) in [6.07, 6.45) is 5.27. The van der Waals surface area contributed by atoms with Gasteiger partial charge in [0, 0.05) is 37.1 Å². The van der Waals surface area contributed by atoms with Crippen LogP contribution in [0.5, 0.6) is 5.75 Å². The molecule has 0 saturated heterocycles. The molecule has 2 aliphatic rings. The molecule has 2 aromatic heterocycles. The third-order valence-corrected chi connectivity index (χ3v) is 8.43. The number of nitrogens with zero attached hydrogens (tertiary/aromatic N) is 3. The Balaban J connectivity index is 1.18. The zero-order chi connectivity index (χ0) is 30.3. The minimum Gasteiger partial charge on any atom is -0.493 e. The second-order valence-corrected chi connectivity index (χ2v) is 12.7. The van der Waals surface area contributed by atoms with Crippen LogP contribution in [0.25, 0.3) is 5.65 Å². The van der Waals surface area contributed by atoms with Gasteiger partial charge in [-0.3, -0.25) is 14.4 Å². The highest BCUT2D eigenvalue weighted by Crippen LogP contribution is 2.36. The first-order valence-electron chi connectivity index (χ1n) is 14.9. The smallest absolute Gasteiger partial charge is 0.270 e. The van der Waals surface area contributed by atoms with Gasteiger partial charge in [0.2, 0.25) is 0 Å². The maximum atomic E-state index is 13.6. The Morgan fingerprint density at radius 1 is 1.05 bits per heavy atom. The lowest BCUT2D eigenvalue weighted by atomic mass is 9.87. The van der Waals surface area contributed by atoms with Crippen LogP contribution in [0.4, 0.5) is 0 Å². The average Bonchev–Trinajstić information content (AvgIpc) is 3.74. The standard InChI is InChI=1S/C34H37N5O4/c1-20-23-8-9-26(25(23)7-6-24(20)29(40)11-14-34(2,3)4)38-33(42)28-18-27(37-31-12-15-36-39(28)31)32(41)35-19-21-5-10-30-22(17-21)13-16-43-30/h5-7,10,12,15,17-18,26H,8-9,11,13-14,16,19H2,1-4H3,(H,35,41)(H,38,42). The number of Topliss-reactive ketones (excluding diaryl/α,β-unsaturated/α-hetero) is 1. The van der Waals surface area contributed by atoms with Crippen molar-refractivity contribution in [2.75, 3.05) is 6.61 Å². The van der Waals surface area contributed by atoms with Gasteiger partial charge in [0.25, 0.3) is 11.8 Å². The molecule has 4 aromatic rings. The molecule has 9 heteroatoms. The Kier molecular flexibility index (Phi) is 7.50. The van der Waals surface area contributed by atoms with Crippen LogP contribution < -0.4 is 15.4 Å². The summed E-state index contributed by atoms with van der Waals surface area (Å²) in [5.74, 6) is 0.338. The van der Waals surface area contributed by atoms with Gasteiger partial charge in [0.05, 0.1) is 18.8 Å². The zero-order valence-electron chi connectivity index (χ0n) is 25.1. The van der Waals surface area contributed by atoms with Gasteiger partial charge < -0.3 is 15.4 Å². The Bertz CT molecular complexity index is 1750. The molecule has 222 valence electrons. The molecule has 1 aliphatic heterocycles. The van der Waals surface area contributed by atoms with Crippen LogP contribution in [0.15, 0.2) is 48.7 Å². The van der Waals surface area contributed by atoms with Crippen molar-refractivity contribution >= 4 is 23.2 Å². The van der Waals surface area contributed by atoms with E-state index < -0.39 is 0 Å². The average molecular weight is 580 g/mol. The van der Waals surface area contributed by atoms with E-state index in [1.807, 2.05) is 37.3 Å². The molecule has 0 fully saturated rings. The van der Waals surface area contributed by atoms with Crippen molar-refractivity contribution in [1.29, 1.82) is 0 Å². The molecule has 2 aromatic carbocycles. The Labute approximate surface area is 251 Å². The highest BCUT2D eigenvalue weighted by molar-refractivity contribution is 5.99. The Hall–Kier alpha value is -4.53. The fourth-order valence-corrected chi connectivity index (χ4v) is 6.00. The van der Waals surface area contributed by atoms with Crippen LogP contribution in [-0.2, 0) is 19.4 Å². The SMILES string of the molecule is Cc1c(C(=O)CCC(C)(C)C)ccc2c1CCC2NC(=O)c1cc(C(=O)NCc2ccc3c(c2)CCO3)nc2ccnn12. The summed E-state index contributed by atoms with van der Waals surface area (Å²) in [4.78, 5) is 44.2. The fraction of sp³-hybridized carbons (Fsp3) is 0.382. The molecule has 1 atom stereocenters. The van der Waals surface area contributed by atoms with Crippen LogP contribution in [0.1, 0.15) is 105 Å². The number of hydrogen-bond donors (Lipinski definition) is 2. The molecule has 6 rings (SSSR count). The summed E-state index contributed by atoms with van der Waals surface area (Å²) in [5.41, 5.74) is 6.91. The van der Waals surface area contributed by atoms with Crippen LogP contribution in [0.3, 0.4) is 0 Å². The van der Waals surface area contributed by atoms with Crippen LogP contribution >= 0.6 is 0 Å². The van der Waals surface area contributed by atoms with Gasteiger partial charge in [-0.05, 0) is 65.5 Å². The molecular formula is C34H37N5O4. The van der Waals surface area contributed by atoms with Crippen molar-refractivity contribution in [3.63, 3.8) is 0 Å². The fourth-order valence-electron chi connectivity index (χ4n) is 6.00. The predicted octanol–water partition coefficient (Wildman–Crippen LogP) is 5.33. The predicted molar refractivity (Wildman–Crippen MR) is 163 cm³/mol. The quantitative estimate of drug-likeness (QED) is 0.273. The lowest BCUT2D eigenvalue weighted by Crippen LogP contribution is -2.30. The maximum Gasteiger partial charge on any atom is 0.270 e. The summed E-state index contributed by atoms with van der Waals surface area (Å²) >= 11 is 0. The van der Waals surface area contributed by atoms with Crippen LogP contribution in [0.2, 0.25) is 0 Å². The molecule has 1 unspecified atom stereocenters. The van der Waals surface area contributed by atoms with Gasteiger partial charge in [0.1, 0.15) is 17.1 Å². The van der Waals surface area contributed by atoms with Gasteiger partial charge in [0.15, 0.2) is 11.4 Å². The summed E-state index contributed by atoms with van der Waals surface area (Å²) in [7, 11) is 0. The van der Waals surface area contributed by atoms with Crippen molar-refractivity contribution in [2.45, 2.75) is 72.4 Å². The number of carbonyl (C=O) groups excluding carboxylic acids is 3. The number of benzene rings is 2. The van der Waals surface area contributed by atoms with E-state index in [2.05, 4.69) is 41.5 Å². The number of nitrogens with one attached hydrogen (secondary N) is 2. The number of rotatable bonds is 8. The molecule has 0 bridgehead atoms. The third kappa shape index (κ3) is 5.89. The number of ketones is 1. The molecular weight excluding hydrogens is 542 g/mol. The topological polar surface area (TPSA) is 115 Å². The van der Waals surface area contributed by atoms with Crippen LogP contribution in [0, 0.1) is 12.3 Å². The van der Waals surface area contributed by atoms with Crippen molar-refractivity contribution in [3.05, 3.63) is 93.4 Å². The summed E-state index contributed by atoms with van der Waals surface area (Å²) < 4.78 is 7.02. The van der Waals surface area contributed by atoms with E-state index in [1.54, 1.807) is 12.3 Å². The maximum absolute atomic E-state index is 13.6. The minimum atomic E-state index is -0.375. The van der Waals surface area contributed by atoms with Gasteiger partial charge >= 0.3 is 0 Å². The molecule has 1 aliphatic carbocycles. The number of amides is 2. The highest BCUT2D eigenvalue weighted by Gasteiger charge is 2.29. The Morgan fingerprint density at radius 2 is 1.88 bits per heavy atom. The van der Waals surface area contributed by atoms with E-state index >= 15 is 0 Å². The lowest BCUT2D eigenvalue weighted by Gasteiger charge is -2.19. The van der Waals surface area contributed by atoms with Gasteiger partial charge in [-0.1, -0.05) is 45.0 Å². The Morgan fingerprint density at radius 3 is 2.70 bits per heavy atom. The van der Waals surface area contributed by atoms with Gasteiger partial charge in [-0.2, -0.15) is 5.10 Å². The first-order chi connectivity index (χ1) is 20.6. The first kappa shape index (κ1) is 28.6. The van der Waals surface area contributed by atoms with E-state index in [9.17, 15) is 14.4 Å². The molecule has 2 amide bonds. The third-order valence-electron chi connectivity index (χ3n) is 8.43. The number of fused-ring (bicyclic) bond motifs is 3. The largest absolute Gasteiger partial charge is 0.493 e. The second-order valence-electron chi connectivity index (χ2n) is 12.7.